The fraction of sp³-hybridized carbons (Fsp3) is 0.273. The number of ketones is 1. The molecule has 6 heteroatoms. The zero-order chi connectivity index (χ0) is 19.2. The van der Waals surface area contributed by atoms with E-state index in [4.69, 9.17) is 4.42 Å². The monoisotopic (exact) mass is 374 g/mol. The predicted octanol–water partition coefficient (Wildman–Crippen LogP) is 3.35. The average molecular weight is 374 g/mol. The number of nitrogens with one attached hydrogen (secondary N) is 1. The van der Waals surface area contributed by atoms with Gasteiger partial charge in [0.1, 0.15) is 12.0 Å². The van der Waals surface area contributed by atoms with Crippen molar-refractivity contribution < 1.29 is 9.21 Å². The zero-order valence-electron chi connectivity index (χ0n) is 15.6. The molecule has 0 fully saturated rings. The number of pyridine rings is 1. The molecule has 0 amide bonds. The molecular weight excluding hydrogens is 352 g/mol. The first-order valence-electron chi connectivity index (χ1n) is 9.50. The van der Waals surface area contributed by atoms with E-state index in [0.717, 1.165) is 36.6 Å². The standard InChI is InChI=1S/C22H22N4O2/c27-21(9-8-17-6-3-4-11-24-17)20-15-28-22(26-20)10-12-23-14-18-13-16-5-1-2-7-19(16)25-18/h1-7,11,15,23H,8-10,12-14H2. The van der Waals surface area contributed by atoms with Gasteiger partial charge in [0.2, 0.25) is 0 Å². The number of carbonyl (C=O) groups is 1. The number of benzene rings is 1. The molecule has 1 N–H and O–H groups in total. The molecule has 0 saturated heterocycles. The van der Waals surface area contributed by atoms with E-state index in [1.54, 1.807) is 6.20 Å². The van der Waals surface area contributed by atoms with Crippen LogP contribution in [0.15, 0.2) is 64.3 Å². The normalized spacial score (nSPS) is 12.6. The van der Waals surface area contributed by atoms with Crippen molar-refractivity contribution in [3.05, 3.63) is 77.8 Å². The highest BCUT2D eigenvalue weighted by Crippen LogP contribution is 2.25. The minimum atomic E-state index is -0.0216. The van der Waals surface area contributed by atoms with E-state index < -0.39 is 0 Å². The molecule has 1 aliphatic rings. The Labute approximate surface area is 163 Å². The number of Topliss-reactive ketones (excluding diaryl/α,β-unsaturated/α-hetero) is 1. The Kier molecular flexibility index (Phi) is 5.68. The molecule has 2 aromatic heterocycles. The Morgan fingerprint density at radius 3 is 2.86 bits per heavy atom. The summed E-state index contributed by atoms with van der Waals surface area (Å²) >= 11 is 0. The van der Waals surface area contributed by atoms with Crippen molar-refractivity contribution >= 4 is 17.2 Å². The van der Waals surface area contributed by atoms with Crippen LogP contribution in [0.25, 0.3) is 0 Å². The summed E-state index contributed by atoms with van der Waals surface area (Å²) in [6.07, 6.45) is 5.70. The maximum atomic E-state index is 12.3. The Morgan fingerprint density at radius 2 is 2.00 bits per heavy atom. The number of aryl methyl sites for hydroxylation is 1. The third kappa shape index (κ3) is 4.58. The summed E-state index contributed by atoms with van der Waals surface area (Å²) in [5, 5.41) is 3.37. The van der Waals surface area contributed by atoms with Gasteiger partial charge in [-0.25, -0.2) is 4.98 Å². The van der Waals surface area contributed by atoms with Crippen LogP contribution in [0, 0.1) is 0 Å². The molecule has 1 aromatic carbocycles. The highest BCUT2D eigenvalue weighted by molar-refractivity contribution is 5.95. The molecule has 0 unspecified atom stereocenters. The Hall–Kier alpha value is -3.12. The molecule has 0 saturated carbocycles. The van der Waals surface area contributed by atoms with E-state index in [1.165, 1.54) is 11.8 Å². The molecule has 6 nitrogen and oxygen atoms in total. The number of rotatable bonds is 9. The number of aromatic nitrogens is 2. The van der Waals surface area contributed by atoms with Gasteiger partial charge in [-0.05, 0) is 30.2 Å². The van der Waals surface area contributed by atoms with E-state index in [1.807, 2.05) is 36.4 Å². The SMILES string of the molecule is O=C(CCc1ccccn1)c1coc(CCNCC2=Nc3ccccc3C2)n1. The zero-order valence-corrected chi connectivity index (χ0v) is 15.6. The Bertz CT molecular complexity index is 979. The summed E-state index contributed by atoms with van der Waals surface area (Å²) in [5.74, 6) is 0.553. The molecule has 0 atom stereocenters. The lowest BCUT2D eigenvalue weighted by Gasteiger charge is -2.02. The van der Waals surface area contributed by atoms with Gasteiger partial charge in [0.25, 0.3) is 0 Å². The number of para-hydroxylation sites is 1. The van der Waals surface area contributed by atoms with E-state index in [-0.39, 0.29) is 5.78 Å². The molecule has 0 spiro atoms. The van der Waals surface area contributed by atoms with Gasteiger partial charge in [-0.15, -0.1) is 0 Å². The second-order valence-corrected chi connectivity index (χ2v) is 6.78. The van der Waals surface area contributed by atoms with Gasteiger partial charge in [0.05, 0.1) is 5.69 Å². The third-order valence-corrected chi connectivity index (χ3v) is 4.68. The van der Waals surface area contributed by atoms with Crippen LogP contribution < -0.4 is 5.32 Å². The lowest BCUT2D eigenvalue weighted by molar-refractivity contribution is 0.0977. The van der Waals surface area contributed by atoms with Crippen LogP contribution in [0.4, 0.5) is 5.69 Å². The predicted molar refractivity (Wildman–Crippen MR) is 107 cm³/mol. The maximum absolute atomic E-state index is 12.3. The lowest BCUT2D eigenvalue weighted by Crippen LogP contribution is -2.25. The van der Waals surface area contributed by atoms with Crippen LogP contribution in [-0.4, -0.2) is 34.6 Å². The van der Waals surface area contributed by atoms with Crippen LogP contribution in [0.1, 0.15) is 34.1 Å². The summed E-state index contributed by atoms with van der Waals surface area (Å²) in [5.41, 5.74) is 4.78. The van der Waals surface area contributed by atoms with Crippen LogP contribution in [0.3, 0.4) is 0 Å². The highest BCUT2D eigenvalue weighted by atomic mass is 16.3. The molecule has 0 aliphatic carbocycles. The number of hydrogen-bond donors (Lipinski definition) is 1. The van der Waals surface area contributed by atoms with Gasteiger partial charge in [0, 0.05) is 50.0 Å². The fourth-order valence-corrected chi connectivity index (χ4v) is 3.20. The summed E-state index contributed by atoms with van der Waals surface area (Å²) < 4.78 is 5.44. The summed E-state index contributed by atoms with van der Waals surface area (Å²) in [4.78, 5) is 25.4. The largest absolute Gasteiger partial charge is 0.448 e. The van der Waals surface area contributed by atoms with Crippen LogP contribution in [0.2, 0.25) is 0 Å². The number of carbonyl (C=O) groups excluding carboxylic acids is 1. The van der Waals surface area contributed by atoms with E-state index in [2.05, 4.69) is 26.3 Å². The second-order valence-electron chi connectivity index (χ2n) is 6.78. The molecule has 0 bridgehead atoms. The van der Waals surface area contributed by atoms with Crippen molar-refractivity contribution in [1.82, 2.24) is 15.3 Å². The Morgan fingerprint density at radius 1 is 1.11 bits per heavy atom. The first-order chi connectivity index (χ1) is 13.8. The number of aliphatic imine (C=N–C) groups is 1. The quantitative estimate of drug-likeness (QED) is 0.459. The molecule has 3 heterocycles. The van der Waals surface area contributed by atoms with Crippen LogP contribution in [0.5, 0.6) is 0 Å². The Balaban J connectivity index is 1.19. The van der Waals surface area contributed by atoms with Crippen LogP contribution in [-0.2, 0) is 19.3 Å². The molecular formula is C22H22N4O2. The van der Waals surface area contributed by atoms with Gasteiger partial charge >= 0.3 is 0 Å². The van der Waals surface area contributed by atoms with Crippen molar-refractivity contribution in [2.75, 3.05) is 13.1 Å². The summed E-state index contributed by atoms with van der Waals surface area (Å²) in [6.45, 7) is 1.46. The van der Waals surface area contributed by atoms with Gasteiger partial charge in [-0.3, -0.25) is 14.8 Å². The van der Waals surface area contributed by atoms with Crippen molar-refractivity contribution in [3.63, 3.8) is 0 Å². The minimum Gasteiger partial charge on any atom is -0.448 e. The minimum absolute atomic E-state index is 0.0216. The number of hydrogen-bond acceptors (Lipinski definition) is 6. The van der Waals surface area contributed by atoms with Crippen molar-refractivity contribution in [1.29, 1.82) is 0 Å². The first-order valence-corrected chi connectivity index (χ1v) is 9.50. The second kappa shape index (κ2) is 8.71. The fourth-order valence-electron chi connectivity index (χ4n) is 3.20. The topological polar surface area (TPSA) is 80.4 Å². The van der Waals surface area contributed by atoms with E-state index in [9.17, 15) is 4.79 Å². The molecule has 3 aromatic rings. The van der Waals surface area contributed by atoms with Gasteiger partial charge in [-0.2, -0.15) is 0 Å². The molecule has 0 radical (unpaired) electrons. The van der Waals surface area contributed by atoms with Crippen LogP contribution >= 0.6 is 0 Å². The molecule has 1 aliphatic heterocycles. The molecule has 4 rings (SSSR count). The number of oxazole rings is 1. The number of fused-ring (bicyclic) bond motifs is 1. The lowest BCUT2D eigenvalue weighted by atomic mass is 10.1. The van der Waals surface area contributed by atoms with Gasteiger partial charge in [0.15, 0.2) is 11.7 Å². The van der Waals surface area contributed by atoms with Gasteiger partial charge in [-0.1, -0.05) is 24.3 Å². The van der Waals surface area contributed by atoms with E-state index >= 15 is 0 Å². The summed E-state index contributed by atoms with van der Waals surface area (Å²) in [7, 11) is 0. The van der Waals surface area contributed by atoms with Crippen molar-refractivity contribution in [2.45, 2.75) is 25.7 Å². The maximum Gasteiger partial charge on any atom is 0.195 e. The van der Waals surface area contributed by atoms with E-state index in [0.29, 0.717) is 30.8 Å². The average Bonchev–Trinajstić information content (AvgIpc) is 3.37. The van der Waals surface area contributed by atoms with Gasteiger partial charge < -0.3 is 9.73 Å². The summed E-state index contributed by atoms with van der Waals surface area (Å²) in [6, 6.07) is 13.9. The smallest absolute Gasteiger partial charge is 0.195 e. The molecule has 28 heavy (non-hydrogen) atoms. The first kappa shape index (κ1) is 18.3. The highest BCUT2D eigenvalue weighted by Gasteiger charge is 2.14. The van der Waals surface area contributed by atoms with Crippen molar-refractivity contribution in [3.8, 4) is 0 Å². The molecule has 142 valence electrons. The van der Waals surface area contributed by atoms with Crippen molar-refractivity contribution in [2.24, 2.45) is 4.99 Å². The number of nitrogens with zero attached hydrogens (tertiary/aromatic N) is 3. The third-order valence-electron chi connectivity index (χ3n) is 4.68.